The van der Waals surface area contributed by atoms with Gasteiger partial charge in [0.25, 0.3) is 7.82 Å². The molecule has 168 valence electrons. The van der Waals surface area contributed by atoms with Gasteiger partial charge < -0.3 is 73.9 Å². The van der Waals surface area contributed by atoms with Gasteiger partial charge in [0.1, 0.15) is 48.8 Å². The number of ether oxygens (including phenoxy) is 2. The molecule has 17 heteroatoms. The van der Waals surface area contributed by atoms with Crippen molar-refractivity contribution in [2.75, 3.05) is 0 Å². The molecule has 2 heterocycles. The highest BCUT2D eigenvalue weighted by atomic mass is 31.2. The molecule has 29 heavy (non-hydrogen) atoms. The van der Waals surface area contributed by atoms with E-state index in [0.717, 1.165) is 0 Å². The van der Waals surface area contributed by atoms with E-state index in [1.807, 2.05) is 0 Å². The van der Waals surface area contributed by atoms with Gasteiger partial charge in [-0.05, 0) is 0 Å². The van der Waals surface area contributed by atoms with Crippen LogP contribution in [0.3, 0.4) is 0 Å². The van der Waals surface area contributed by atoms with Crippen molar-refractivity contribution in [2.24, 2.45) is 0 Å². The van der Waals surface area contributed by atoms with Crippen LogP contribution >= 0.6 is 7.82 Å². The van der Waals surface area contributed by atoms with Gasteiger partial charge in [-0.25, -0.2) is 0 Å². The fourth-order valence-corrected chi connectivity index (χ4v) is 3.75. The standard InChI is InChI=1S/C12H19O16P/c13-1-2(14)7(12(22)25-6(1)9(17)18)28-29(23,24)27-5-3(15)4(16)11(21)26-8(5)10(19)20/h1-8,11-16,21-22H,(H,17,18)(H,19,20)(H,23,24)/p-3/t1-,2+,3+,4?,5+,6?,7?,8?,11-,12+/m1/s1. The Hall–Kier alpha value is -1.27. The van der Waals surface area contributed by atoms with Crippen LogP contribution in [0, 0.1) is 0 Å². The largest absolute Gasteiger partial charge is 0.756 e. The van der Waals surface area contributed by atoms with Crippen LogP contribution in [0.4, 0.5) is 0 Å². The average Bonchev–Trinajstić information content (AvgIpc) is 2.61. The lowest BCUT2D eigenvalue weighted by molar-refractivity contribution is -0.351. The number of carbonyl (C=O) groups is 2. The lowest BCUT2D eigenvalue weighted by Gasteiger charge is -2.45. The number of hydrogen-bond acceptors (Lipinski definition) is 16. The van der Waals surface area contributed by atoms with E-state index < -0.39 is 81.2 Å². The molecule has 0 bridgehead atoms. The molecule has 2 aliphatic heterocycles. The van der Waals surface area contributed by atoms with Gasteiger partial charge in [0.05, 0.1) is 11.9 Å². The summed E-state index contributed by atoms with van der Waals surface area (Å²) < 4.78 is 29.4. The van der Waals surface area contributed by atoms with Gasteiger partial charge in [0.2, 0.25) is 0 Å². The highest BCUT2D eigenvalue weighted by Gasteiger charge is 2.50. The number of rotatable bonds is 6. The van der Waals surface area contributed by atoms with Crippen molar-refractivity contribution in [2.45, 2.75) is 61.4 Å². The van der Waals surface area contributed by atoms with Gasteiger partial charge in [0, 0.05) is 0 Å². The fourth-order valence-electron chi connectivity index (χ4n) is 2.64. The Morgan fingerprint density at radius 1 is 0.724 bits per heavy atom. The van der Waals surface area contributed by atoms with Crippen molar-refractivity contribution < 1.29 is 78.4 Å². The quantitative estimate of drug-likeness (QED) is 0.206. The monoisotopic (exact) mass is 447 g/mol. The molecule has 2 rings (SSSR count). The molecule has 0 radical (unpaired) electrons. The summed E-state index contributed by atoms with van der Waals surface area (Å²) >= 11 is 0. The summed E-state index contributed by atoms with van der Waals surface area (Å²) in [6, 6.07) is 0. The summed E-state index contributed by atoms with van der Waals surface area (Å²) in [5.74, 6) is -4.18. The predicted octanol–water partition coefficient (Wildman–Crippen LogP) is -8.40. The van der Waals surface area contributed by atoms with E-state index in [2.05, 4.69) is 18.5 Å². The zero-order chi connectivity index (χ0) is 22.3. The van der Waals surface area contributed by atoms with E-state index in [4.69, 9.17) is 0 Å². The minimum atomic E-state index is -5.78. The molecule has 11 atom stereocenters. The lowest BCUT2D eigenvalue weighted by atomic mass is 9.99. The lowest BCUT2D eigenvalue weighted by Crippen LogP contribution is -2.63. The van der Waals surface area contributed by atoms with Gasteiger partial charge >= 0.3 is 0 Å². The Morgan fingerprint density at radius 3 is 1.69 bits per heavy atom. The van der Waals surface area contributed by atoms with Gasteiger partial charge in [-0.1, -0.05) is 0 Å². The first-order chi connectivity index (χ1) is 13.3. The second kappa shape index (κ2) is 8.84. The third-order valence-corrected chi connectivity index (χ3v) is 5.10. The number of phosphoric ester groups is 1. The fraction of sp³-hybridized carbons (Fsp3) is 0.833. The van der Waals surface area contributed by atoms with Crippen LogP contribution in [0.15, 0.2) is 0 Å². The number of carboxylic acid groups (broad SMARTS) is 2. The number of carboxylic acids is 2. The van der Waals surface area contributed by atoms with E-state index >= 15 is 0 Å². The molecular weight excluding hydrogens is 431 g/mol. The van der Waals surface area contributed by atoms with E-state index in [9.17, 15) is 59.9 Å². The van der Waals surface area contributed by atoms with Gasteiger partial charge in [-0.3, -0.25) is 4.57 Å². The van der Waals surface area contributed by atoms with Crippen LogP contribution < -0.4 is 15.1 Å². The topological polar surface area (TPSA) is 279 Å². The molecule has 0 aliphatic carbocycles. The number of carbonyl (C=O) groups excluding carboxylic acids is 2. The molecule has 6 N–H and O–H groups in total. The summed E-state index contributed by atoms with van der Waals surface area (Å²) in [6.07, 6.45) is -23.2. The van der Waals surface area contributed by atoms with Crippen LogP contribution in [0.2, 0.25) is 0 Å². The summed E-state index contributed by atoms with van der Waals surface area (Å²) in [4.78, 5) is 33.8. The third kappa shape index (κ3) is 5.08. The van der Waals surface area contributed by atoms with Crippen LogP contribution in [0.1, 0.15) is 0 Å². The normalized spacial score (nSPS) is 45.3. The second-order valence-corrected chi connectivity index (χ2v) is 7.40. The maximum Gasteiger partial charge on any atom is 0.268 e. The SMILES string of the molecule is O=C([O-])C1O[C@@H](O)C(O)[C@H](O)[C@@H]1OP(=O)([O-])OC1[C@@H](O)[C@@H](O)C(C(=O)[O-])O[C@@H]1O. The summed E-state index contributed by atoms with van der Waals surface area (Å²) in [6.45, 7) is 0. The average molecular weight is 447 g/mol. The molecule has 0 spiro atoms. The summed E-state index contributed by atoms with van der Waals surface area (Å²) in [5.41, 5.74) is 0. The molecule has 5 unspecified atom stereocenters. The maximum atomic E-state index is 12.1. The molecule has 2 fully saturated rings. The predicted molar refractivity (Wildman–Crippen MR) is 73.2 cm³/mol. The Kier molecular flexibility index (Phi) is 7.32. The van der Waals surface area contributed by atoms with E-state index in [0.29, 0.717) is 0 Å². The van der Waals surface area contributed by atoms with Crippen molar-refractivity contribution >= 4 is 19.8 Å². The number of hydrogen-bond donors (Lipinski definition) is 6. The highest BCUT2D eigenvalue weighted by Crippen LogP contribution is 2.46. The number of aliphatic carboxylic acids is 2. The van der Waals surface area contributed by atoms with Crippen LogP contribution in [-0.4, -0.2) is 104 Å². The molecule has 0 aromatic carbocycles. The molecule has 2 saturated heterocycles. The minimum Gasteiger partial charge on any atom is -0.756 e. The van der Waals surface area contributed by atoms with Crippen molar-refractivity contribution in [3.8, 4) is 0 Å². The van der Waals surface area contributed by atoms with Crippen molar-refractivity contribution in [1.29, 1.82) is 0 Å². The van der Waals surface area contributed by atoms with Crippen molar-refractivity contribution in [1.82, 2.24) is 0 Å². The van der Waals surface area contributed by atoms with Crippen LogP contribution in [-0.2, 0) is 32.7 Å². The first kappa shape index (κ1) is 24.0. The molecule has 0 saturated carbocycles. The first-order valence-electron chi connectivity index (χ1n) is 7.75. The zero-order valence-electron chi connectivity index (χ0n) is 14.0. The first-order valence-corrected chi connectivity index (χ1v) is 9.21. The Bertz CT molecular complexity index is 670. The van der Waals surface area contributed by atoms with Gasteiger partial charge in [-0.2, -0.15) is 0 Å². The summed E-state index contributed by atoms with van der Waals surface area (Å²) in [5, 5.41) is 79.4. The zero-order valence-corrected chi connectivity index (χ0v) is 14.9. The second-order valence-electron chi connectivity index (χ2n) is 6.08. The van der Waals surface area contributed by atoms with Crippen LogP contribution in [0.5, 0.6) is 0 Å². The molecular formula is C12H16O16P-3. The van der Waals surface area contributed by atoms with Crippen LogP contribution in [0.25, 0.3) is 0 Å². The molecule has 0 aromatic heterocycles. The molecule has 0 aromatic rings. The van der Waals surface area contributed by atoms with Crippen molar-refractivity contribution in [3.05, 3.63) is 0 Å². The smallest absolute Gasteiger partial charge is 0.268 e. The Labute approximate surface area is 160 Å². The minimum absolute atomic E-state index is 2.04. The Morgan fingerprint density at radius 2 is 1.17 bits per heavy atom. The number of aliphatic hydroxyl groups excluding tert-OH is 6. The number of phosphoric acid groups is 1. The molecule has 2 aliphatic rings. The molecule has 0 amide bonds. The van der Waals surface area contributed by atoms with E-state index in [1.165, 1.54) is 0 Å². The van der Waals surface area contributed by atoms with Crippen molar-refractivity contribution in [3.63, 3.8) is 0 Å². The Balaban J connectivity index is 2.17. The highest BCUT2D eigenvalue weighted by molar-refractivity contribution is 7.45. The van der Waals surface area contributed by atoms with Gasteiger partial charge in [-0.15, -0.1) is 0 Å². The van der Waals surface area contributed by atoms with E-state index in [1.54, 1.807) is 0 Å². The third-order valence-electron chi connectivity index (χ3n) is 4.09. The van der Waals surface area contributed by atoms with E-state index in [-0.39, 0.29) is 0 Å². The maximum absolute atomic E-state index is 12.1. The molecule has 16 nitrogen and oxygen atoms in total. The van der Waals surface area contributed by atoms with Gasteiger partial charge in [0.15, 0.2) is 12.6 Å². The number of aliphatic hydroxyl groups is 6. The summed E-state index contributed by atoms with van der Waals surface area (Å²) in [7, 11) is -5.78.